The number of carbonyl (C=O) groups is 1. The minimum absolute atomic E-state index is 0.0212. The molecule has 0 heterocycles. The molecule has 0 radical (unpaired) electrons. The van der Waals surface area contributed by atoms with Crippen LogP contribution in [0.25, 0.3) is 0 Å². The summed E-state index contributed by atoms with van der Waals surface area (Å²) in [5.74, 6) is 2.82. The highest BCUT2D eigenvalue weighted by atomic mass is 79.9. The van der Waals surface area contributed by atoms with Gasteiger partial charge in [-0.3, -0.25) is 4.79 Å². The molecule has 1 N–H and O–H groups in total. The van der Waals surface area contributed by atoms with E-state index in [1.54, 1.807) is 18.9 Å². The van der Waals surface area contributed by atoms with E-state index in [0.717, 1.165) is 21.7 Å². The van der Waals surface area contributed by atoms with E-state index in [9.17, 15) is 4.79 Å². The number of methoxy groups -OCH3 is 1. The fourth-order valence-corrected chi connectivity index (χ4v) is 3.16. The Kier molecular flexibility index (Phi) is 8.15. The highest BCUT2D eigenvalue weighted by Crippen LogP contribution is 2.17. The van der Waals surface area contributed by atoms with Crippen LogP contribution in [0.1, 0.15) is 12.5 Å². The summed E-state index contributed by atoms with van der Waals surface area (Å²) in [6, 6.07) is 15.5. The molecule has 0 aliphatic heterocycles. The van der Waals surface area contributed by atoms with Gasteiger partial charge < -0.3 is 14.8 Å². The first-order chi connectivity index (χ1) is 12.1. The van der Waals surface area contributed by atoms with Crippen LogP contribution in [0.2, 0.25) is 0 Å². The fourth-order valence-electron chi connectivity index (χ4n) is 2.09. The van der Waals surface area contributed by atoms with Crippen molar-refractivity contribution in [2.45, 2.75) is 18.7 Å². The minimum atomic E-state index is -0.0529. The first-order valence-electron chi connectivity index (χ1n) is 7.95. The maximum absolute atomic E-state index is 12.0. The SMILES string of the molecule is COc1ccc(OC[C@H](C)NC(=O)CSCc2ccc(Br)cc2)cc1. The largest absolute Gasteiger partial charge is 0.497 e. The Morgan fingerprint density at radius 3 is 2.40 bits per heavy atom. The molecule has 0 bridgehead atoms. The number of carbonyl (C=O) groups excluding carboxylic acids is 1. The Hall–Kier alpha value is -1.66. The van der Waals surface area contributed by atoms with Gasteiger partial charge in [-0.15, -0.1) is 11.8 Å². The molecule has 4 nitrogen and oxygen atoms in total. The molecule has 1 atom stereocenters. The maximum atomic E-state index is 12.0. The van der Waals surface area contributed by atoms with Gasteiger partial charge in [-0.1, -0.05) is 28.1 Å². The van der Waals surface area contributed by atoms with E-state index in [1.807, 2.05) is 43.3 Å². The Balaban J connectivity index is 1.64. The predicted molar refractivity (Wildman–Crippen MR) is 106 cm³/mol. The first kappa shape index (κ1) is 19.7. The van der Waals surface area contributed by atoms with Crippen molar-refractivity contribution in [1.29, 1.82) is 0 Å². The van der Waals surface area contributed by atoms with Gasteiger partial charge in [0.15, 0.2) is 0 Å². The normalized spacial score (nSPS) is 11.6. The second kappa shape index (κ2) is 10.4. The molecule has 0 fully saturated rings. The number of nitrogens with one attached hydrogen (secondary N) is 1. The molecule has 0 aliphatic rings. The van der Waals surface area contributed by atoms with Crippen molar-refractivity contribution in [1.82, 2.24) is 5.32 Å². The average Bonchev–Trinajstić information content (AvgIpc) is 2.62. The number of hydrogen-bond donors (Lipinski definition) is 1. The zero-order valence-corrected chi connectivity index (χ0v) is 16.7. The molecule has 0 saturated heterocycles. The molecule has 1 amide bonds. The van der Waals surface area contributed by atoms with E-state index in [4.69, 9.17) is 9.47 Å². The number of benzene rings is 2. The molecule has 6 heteroatoms. The molecule has 134 valence electrons. The molecule has 0 saturated carbocycles. The van der Waals surface area contributed by atoms with E-state index in [0.29, 0.717) is 12.4 Å². The summed E-state index contributed by atoms with van der Waals surface area (Å²) in [7, 11) is 1.63. The summed E-state index contributed by atoms with van der Waals surface area (Å²) >= 11 is 5.01. The molecular formula is C19H22BrNO3S. The number of amides is 1. The summed E-state index contributed by atoms with van der Waals surface area (Å²) in [6.45, 7) is 2.36. The average molecular weight is 424 g/mol. The van der Waals surface area contributed by atoms with E-state index >= 15 is 0 Å². The summed E-state index contributed by atoms with van der Waals surface area (Å²) in [4.78, 5) is 12.0. The number of ether oxygens (including phenoxy) is 2. The predicted octanol–water partition coefficient (Wildman–Crippen LogP) is 4.27. The third-order valence-electron chi connectivity index (χ3n) is 3.38. The zero-order chi connectivity index (χ0) is 18.1. The van der Waals surface area contributed by atoms with Gasteiger partial charge in [-0.2, -0.15) is 0 Å². The Morgan fingerprint density at radius 2 is 1.76 bits per heavy atom. The van der Waals surface area contributed by atoms with E-state index in [-0.39, 0.29) is 11.9 Å². The van der Waals surface area contributed by atoms with Gasteiger partial charge in [0.25, 0.3) is 0 Å². The van der Waals surface area contributed by atoms with Gasteiger partial charge in [-0.25, -0.2) is 0 Å². The molecule has 0 aliphatic carbocycles. The summed E-state index contributed by atoms with van der Waals surface area (Å²) in [5, 5.41) is 2.95. The van der Waals surface area contributed by atoms with Crippen molar-refractivity contribution >= 4 is 33.6 Å². The van der Waals surface area contributed by atoms with Gasteiger partial charge in [0, 0.05) is 10.2 Å². The molecule has 0 unspecified atom stereocenters. The van der Waals surface area contributed by atoms with E-state index in [1.165, 1.54) is 5.56 Å². The van der Waals surface area contributed by atoms with Crippen LogP contribution in [0.3, 0.4) is 0 Å². The van der Waals surface area contributed by atoms with Crippen LogP contribution >= 0.6 is 27.7 Å². The topological polar surface area (TPSA) is 47.6 Å². The van der Waals surface area contributed by atoms with Crippen LogP contribution in [0.4, 0.5) is 0 Å². The standard InChI is InChI=1S/C19H22BrNO3S/c1-14(11-24-18-9-7-17(23-2)8-10-18)21-19(22)13-25-12-15-3-5-16(20)6-4-15/h3-10,14H,11-13H2,1-2H3,(H,21,22)/t14-/m0/s1. The summed E-state index contributed by atoms with van der Waals surface area (Å²) < 4.78 is 11.8. The fraction of sp³-hybridized carbons (Fsp3) is 0.316. The highest BCUT2D eigenvalue weighted by Gasteiger charge is 2.08. The molecular weight excluding hydrogens is 402 g/mol. The monoisotopic (exact) mass is 423 g/mol. The molecule has 2 aromatic carbocycles. The van der Waals surface area contributed by atoms with Gasteiger partial charge in [0.05, 0.1) is 18.9 Å². The number of rotatable bonds is 9. The molecule has 25 heavy (non-hydrogen) atoms. The Labute approximate surface area is 161 Å². The van der Waals surface area contributed by atoms with E-state index < -0.39 is 0 Å². The van der Waals surface area contributed by atoms with Gasteiger partial charge in [0.1, 0.15) is 18.1 Å². The Morgan fingerprint density at radius 1 is 1.12 bits per heavy atom. The molecule has 2 rings (SSSR count). The number of hydrogen-bond acceptors (Lipinski definition) is 4. The molecule has 0 aromatic heterocycles. The van der Waals surface area contributed by atoms with Gasteiger partial charge in [0.2, 0.25) is 5.91 Å². The summed E-state index contributed by atoms with van der Waals surface area (Å²) in [5.41, 5.74) is 1.21. The highest BCUT2D eigenvalue weighted by molar-refractivity contribution is 9.10. The van der Waals surface area contributed by atoms with Crippen LogP contribution in [-0.2, 0) is 10.5 Å². The number of halogens is 1. The lowest BCUT2D eigenvalue weighted by Crippen LogP contribution is -2.37. The number of thioether (sulfide) groups is 1. The smallest absolute Gasteiger partial charge is 0.230 e. The lowest BCUT2D eigenvalue weighted by atomic mass is 10.2. The van der Waals surface area contributed by atoms with Crippen LogP contribution < -0.4 is 14.8 Å². The molecule has 2 aromatic rings. The maximum Gasteiger partial charge on any atom is 0.230 e. The van der Waals surface area contributed by atoms with E-state index in [2.05, 4.69) is 33.4 Å². The second-order valence-corrected chi connectivity index (χ2v) is 7.48. The lowest BCUT2D eigenvalue weighted by molar-refractivity contribution is -0.119. The summed E-state index contributed by atoms with van der Waals surface area (Å²) in [6.07, 6.45) is 0. The van der Waals surface area contributed by atoms with Crippen LogP contribution in [0.15, 0.2) is 53.0 Å². The third kappa shape index (κ3) is 7.40. The Bertz CT molecular complexity index is 661. The van der Waals surface area contributed by atoms with Crippen molar-refractivity contribution in [3.05, 3.63) is 58.6 Å². The quantitative estimate of drug-likeness (QED) is 0.653. The second-order valence-electron chi connectivity index (χ2n) is 5.57. The molecule has 0 spiro atoms. The lowest BCUT2D eigenvalue weighted by Gasteiger charge is -2.15. The van der Waals surface area contributed by atoms with Crippen LogP contribution in [-0.4, -0.2) is 31.4 Å². The van der Waals surface area contributed by atoms with Crippen molar-refractivity contribution in [3.8, 4) is 11.5 Å². The van der Waals surface area contributed by atoms with Crippen LogP contribution in [0.5, 0.6) is 11.5 Å². The zero-order valence-electron chi connectivity index (χ0n) is 14.3. The van der Waals surface area contributed by atoms with Gasteiger partial charge >= 0.3 is 0 Å². The van der Waals surface area contributed by atoms with Crippen molar-refractivity contribution in [3.63, 3.8) is 0 Å². The van der Waals surface area contributed by atoms with Gasteiger partial charge in [-0.05, 0) is 48.9 Å². The third-order valence-corrected chi connectivity index (χ3v) is 4.91. The minimum Gasteiger partial charge on any atom is -0.497 e. The van der Waals surface area contributed by atoms with Crippen molar-refractivity contribution < 1.29 is 14.3 Å². The van der Waals surface area contributed by atoms with Crippen LogP contribution in [0, 0.1) is 0 Å². The van der Waals surface area contributed by atoms with Crippen molar-refractivity contribution in [2.75, 3.05) is 19.5 Å². The van der Waals surface area contributed by atoms with Crippen molar-refractivity contribution in [2.24, 2.45) is 0 Å². The first-order valence-corrected chi connectivity index (χ1v) is 9.90.